The van der Waals surface area contributed by atoms with Crippen molar-refractivity contribution in [3.05, 3.63) is 45.7 Å². The van der Waals surface area contributed by atoms with Crippen LogP contribution >= 0.6 is 0 Å². The van der Waals surface area contributed by atoms with E-state index >= 15 is 0 Å². The summed E-state index contributed by atoms with van der Waals surface area (Å²) >= 11 is 0. The summed E-state index contributed by atoms with van der Waals surface area (Å²) in [4.78, 5) is 25.2. The summed E-state index contributed by atoms with van der Waals surface area (Å²) in [5.41, 5.74) is 0.994. The Hall–Kier alpha value is -2.10. The first-order valence-electron chi connectivity index (χ1n) is 6.36. The van der Waals surface area contributed by atoms with Crippen LogP contribution in [-0.2, 0) is 0 Å². The molecule has 0 atom stereocenters. The molecule has 102 valence electrons. The van der Waals surface area contributed by atoms with E-state index in [1.807, 2.05) is 13.0 Å². The fourth-order valence-corrected chi connectivity index (χ4v) is 1.49. The number of H-pyrrole nitrogens is 1. The van der Waals surface area contributed by atoms with Gasteiger partial charge in [0.05, 0.1) is 0 Å². The van der Waals surface area contributed by atoms with E-state index < -0.39 is 11.4 Å². The third-order valence-corrected chi connectivity index (χ3v) is 2.77. The van der Waals surface area contributed by atoms with E-state index in [1.165, 1.54) is 19.0 Å². The third kappa shape index (κ3) is 3.68. The minimum atomic E-state index is -1.21. The fraction of sp³-hybridized carbons (Fsp3) is 0.333. The summed E-state index contributed by atoms with van der Waals surface area (Å²) in [6.07, 6.45) is 3.87. The SMILES string of the molecule is CCCC.Cc1ccc2c(=O)c(C(=O)O)c[nH]c2c1. The van der Waals surface area contributed by atoms with E-state index in [0.717, 1.165) is 5.56 Å². The molecule has 0 aliphatic carbocycles. The summed E-state index contributed by atoms with van der Waals surface area (Å²) in [6.45, 7) is 6.27. The molecule has 0 fully saturated rings. The second-order valence-corrected chi connectivity index (χ2v) is 4.39. The number of aromatic nitrogens is 1. The standard InChI is InChI=1S/C11H9NO3.C4H10/c1-6-2-3-7-9(4-6)12-5-8(10(7)13)11(14)15;1-3-4-2/h2-5H,1H3,(H,12,13)(H,14,15);3-4H2,1-2H3. The predicted molar refractivity (Wildman–Crippen MR) is 76.8 cm³/mol. The Balaban J connectivity index is 0.000000399. The van der Waals surface area contributed by atoms with Gasteiger partial charge in [0.25, 0.3) is 0 Å². The summed E-state index contributed by atoms with van der Waals surface area (Å²) in [7, 11) is 0. The Bertz CT molecular complexity index is 627. The average Bonchev–Trinajstić information content (AvgIpc) is 2.38. The van der Waals surface area contributed by atoms with Crippen molar-refractivity contribution in [3.63, 3.8) is 0 Å². The first-order chi connectivity index (χ1) is 9.01. The maximum absolute atomic E-state index is 11.7. The zero-order chi connectivity index (χ0) is 14.4. The van der Waals surface area contributed by atoms with Crippen LogP contribution < -0.4 is 5.43 Å². The number of carboxylic acids is 1. The summed E-state index contributed by atoms with van der Waals surface area (Å²) in [5.74, 6) is -1.21. The lowest BCUT2D eigenvalue weighted by Crippen LogP contribution is -2.15. The molecule has 0 aliphatic heterocycles. The van der Waals surface area contributed by atoms with Gasteiger partial charge >= 0.3 is 5.97 Å². The number of aromatic amines is 1. The van der Waals surface area contributed by atoms with Gasteiger partial charge in [-0.1, -0.05) is 32.8 Å². The van der Waals surface area contributed by atoms with Gasteiger partial charge in [-0.15, -0.1) is 0 Å². The van der Waals surface area contributed by atoms with Crippen LogP contribution in [0.2, 0.25) is 0 Å². The number of aromatic carboxylic acids is 1. The van der Waals surface area contributed by atoms with Crippen molar-refractivity contribution >= 4 is 16.9 Å². The number of aryl methyl sites for hydroxylation is 1. The van der Waals surface area contributed by atoms with Crippen molar-refractivity contribution in [3.8, 4) is 0 Å². The van der Waals surface area contributed by atoms with E-state index in [2.05, 4.69) is 18.8 Å². The average molecular weight is 261 g/mol. The molecular weight excluding hydrogens is 242 g/mol. The Morgan fingerprint density at radius 3 is 2.42 bits per heavy atom. The predicted octanol–water partition coefficient (Wildman–Crippen LogP) is 3.34. The maximum atomic E-state index is 11.7. The van der Waals surface area contributed by atoms with Crippen LogP contribution in [0.4, 0.5) is 0 Å². The van der Waals surface area contributed by atoms with Crippen molar-refractivity contribution in [1.82, 2.24) is 4.98 Å². The van der Waals surface area contributed by atoms with Crippen LogP contribution in [-0.4, -0.2) is 16.1 Å². The van der Waals surface area contributed by atoms with Gasteiger partial charge < -0.3 is 10.1 Å². The minimum Gasteiger partial charge on any atom is -0.477 e. The maximum Gasteiger partial charge on any atom is 0.341 e. The molecule has 0 bridgehead atoms. The molecule has 19 heavy (non-hydrogen) atoms. The molecule has 1 aromatic carbocycles. The van der Waals surface area contributed by atoms with E-state index in [1.54, 1.807) is 12.1 Å². The number of pyridine rings is 1. The van der Waals surface area contributed by atoms with Crippen LogP contribution in [0.15, 0.2) is 29.2 Å². The number of nitrogens with one attached hydrogen (secondary N) is 1. The lowest BCUT2D eigenvalue weighted by Gasteiger charge is -2.00. The lowest BCUT2D eigenvalue weighted by molar-refractivity contribution is 0.0695. The third-order valence-electron chi connectivity index (χ3n) is 2.77. The molecule has 0 unspecified atom stereocenters. The first kappa shape index (κ1) is 15.0. The van der Waals surface area contributed by atoms with Crippen molar-refractivity contribution < 1.29 is 9.90 Å². The highest BCUT2D eigenvalue weighted by Gasteiger charge is 2.10. The molecule has 1 heterocycles. The highest BCUT2D eigenvalue weighted by atomic mass is 16.4. The van der Waals surface area contributed by atoms with E-state index in [9.17, 15) is 9.59 Å². The minimum absolute atomic E-state index is 0.230. The van der Waals surface area contributed by atoms with Crippen molar-refractivity contribution in [2.45, 2.75) is 33.6 Å². The highest BCUT2D eigenvalue weighted by Crippen LogP contribution is 2.10. The number of benzene rings is 1. The lowest BCUT2D eigenvalue weighted by atomic mass is 10.1. The molecule has 0 amide bonds. The number of unbranched alkanes of at least 4 members (excludes halogenated alkanes) is 1. The van der Waals surface area contributed by atoms with E-state index in [-0.39, 0.29) is 5.56 Å². The second-order valence-electron chi connectivity index (χ2n) is 4.39. The molecule has 4 nitrogen and oxygen atoms in total. The number of hydrogen-bond donors (Lipinski definition) is 2. The fourth-order valence-electron chi connectivity index (χ4n) is 1.49. The van der Waals surface area contributed by atoms with E-state index in [4.69, 9.17) is 5.11 Å². The quantitative estimate of drug-likeness (QED) is 0.871. The number of fused-ring (bicyclic) bond motifs is 1. The number of hydrogen-bond acceptors (Lipinski definition) is 2. The molecule has 0 radical (unpaired) electrons. The Morgan fingerprint density at radius 1 is 1.26 bits per heavy atom. The number of rotatable bonds is 2. The van der Waals surface area contributed by atoms with Crippen LogP contribution in [0.5, 0.6) is 0 Å². The molecule has 4 heteroatoms. The van der Waals surface area contributed by atoms with Crippen molar-refractivity contribution in [2.75, 3.05) is 0 Å². The Morgan fingerprint density at radius 2 is 1.89 bits per heavy atom. The zero-order valence-electron chi connectivity index (χ0n) is 11.5. The van der Waals surface area contributed by atoms with Crippen LogP contribution in [0.25, 0.3) is 10.9 Å². The van der Waals surface area contributed by atoms with Gasteiger partial charge in [0, 0.05) is 17.1 Å². The Labute approximate surface area is 112 Å². The zero-order valence-corrected chi connectivity index (χ0v) is 11.5. The molecule has 0 aliphatic rings. The highest BCUT2D eigenvalue weighted by molar-refractivity contribution is 5.92. The molecule has 0 saturated heterocycles. The van der Waals surface area contributed by atoms with Crippen LogP contribution in [0.1, 0.15) is 42.6 Å². The number of carboxylic acid groups (broad SMARTS) is 1. The summed E-state index contributed by atoms with van der Waals surface area (Å²) < 4.78 is 0. The molecule has 1 aromatic heterocycles. The monoisotopic (exact) mass is 261 g/mol. The number of carbonyl (C=O) groups is 1. The topological polar surface area (TPSA) is 70.2 Å². The van der Waals surface area contributed by atoms with Gasteiger partial charge in [0.15, 0.2) is 0 Å². The molecule has 0 saturated carbocycles. The summed E-state index contributed by atoms with van der Waals surface area (Å²) in [5, 5.41) is 9.16. The van der Waals surface area contributed by atoms with Crippen molar-refractivity contribution in [2.24, 2.45) is 0 Å². The second kappa shape index (κ2) is 6.73. The van der Waals surface area contributed by atoms with Gasteiger partial charge in [-0.3, -0.25) is 4.79 Å². The van der Waals surface area contributed by atoms with Crippen molar-refractivity contribution in [1.29, 1.82) is 0 Å². The van der Waals surface area contributed by atoms with Gasteiger partial charge in [-0.05, 0) is 24.6 Å². The Kier molecular flexibility index (Phi) is 5.30. The molecule has 2 rings (SSSR count). The van der Waals surface area contributed by atoms with E-state index in [0.29, 0.717) is 10.9 Å². The van der Waals surface area contributed by atoms with Gasteiger partial charge in [0.2, 0.25) is 5.43 Å². The van der Waals surface area contributed by atoms with Gasteiger partial charge in [-0.25, -0.2) is 4.79 Å². The first-order valence-corrected chi connectivity index (χ1v) is 6.36. The van der Waals surface area contributed by atoms with Crippen LogP contribution in [0.3, 0.4) is 0 Å². The largest absolute Gasteiger partial charge is 0.477 e. The molecular formula is C15H19NO3. The smallest absolute Gasteiger partial charge is 0.341 e. The summed E-state index contributed by atoms with van der Waals surface area (Å²) in [6, 6.07) is 5.22. The molecule has 2 N–H and O–H groups in total. The normalized spacial score (nSPS) is 9.84. The molecule has 2 aromatic rings. The van der Waals surface area contributed by atoms with Gasteiger partial charge in [0.1, 0.15) is 5.56 Å². The molecule has 0 spiro atoms. The van der Waals surface area contributed by atoms with Crippen LogP contribution in [0, 0.1) is 6.92 Å². The van der Waals surface area contributed by atoms with Gasteiger partial charge in [-0.2, -0.15) is 0 Å².